The Morgan fingerprint density at radius 2 is 1.93 bits per heavy atom. The van der Waals surface area contributed by atoms with Crippen LogP contribution in [0.5, 0.6) is 0 Å². The van der Waals surface area contributed by atoms with E-state index in [1.165, 1.54) is 0 Å². The molecule has 0 radical (unpaired) electrons. The molecule has 0 bridgehead atoms. The smallest absolute Gasteiger partial charge is 0.404 e. The number of rotatable bonds is 3. The van der Waals surface area contributed by atoms with Crippen LogP contribution in [0.2, 0.25) is 0 Å². The molecule has 0 spiro atoms. The Hall–Kier alpha value is -0.970. The number of ether oxygens (including phenoxy) is 1. The first-order valence-electron chi connectivity index (χ1n) is 4.93. The summed E-state index contributed by atoms with van der Waals surface area (Å²) in [6, 6.07) is 0.143. The summed E-state index contributed by atoms with van der Waals surface area (Å²) in [5, 5.41) is 2.80. The van der Waals surface area contributed by atoms with Gasteiger partial charge in [0.1, 0.15) is 12.0 Å². The second-order valence-corrected chi connectivity index (χ2v) is 3.88. The number of nitrogens with one attached hydrogen (secondary N) is 1. The third-order valence-corrected chi connectivity index (χ3v) is 2.69. The second kappa shape index (κ2) is 5.80. The summed E-state index contributed by atoms with van der Waals surface area (Å²) >= 11 is 5.37. The number of alkyl halides is 1. The van der Waals surface area contributed by atoms with Crippen molar-refractivity contribution in [2.45, 2.75) is 37.8 Å². The predicted octanol–water partition coefficient (Wildman–Crippen LogP) is 0.748. The molecule has 0 aromatic carbocycles. The Morgan fingerprint density at radius 1 is 1.33 bits per heavy atom. The average molecular weight is 235 g/mol. The molecule has 1 rings (SSSR count). The largest absolute Gasteiger partial charge is 0.446 e. The van der Waals surface area contributed by atoms with Crippen LogP contribution in [0, 0.1) is 0 Å². The van der Waals surface area contributed by atoms with Gasteiger partial charge in [-0.3, -0.25) is 4.79 Å². The predicted molar refractivity (Wildman–Crippen MR) is 55.6 cm³/mol. The van der Waals surface area contributed by atoms with Gasteiger partial charge in [-0.2, -0.15) is 0 Å². The maximum absolute atomic E-state index is 11.0. The highest BCUT2D eigenvalue weighted by molar-refractivity contribution is 6.27. The van der Waals surface area contributed by atoms with Crippen molar-refractivity contribution in [3.8, 4) is 0 Å². The fraction of sp³-hybridized carbons (Fsp3) is 0.778. The highest BCUT2D eigenvalue weighted by Crippen LogP contribution is 2.21. The lowest BCUT2D eigenvalue weighted by atomic mass is 9.93. The van der Waals surface area contributed by atoms with Gasteiger partial charge >= 0.3 is 6.09 Å². The maximum atomic E-state index is 11.0. The Bertz CT molecular complexity index is 240. The molecule has 0 heterocycles. The quantitative estimate of drug-likeness (QED) is 0.707. The minimum atomic E-state index is -0.733. The molecular weight excluding hydrogens is 220 g/mol. The van der Waals surface area contributed by atoms with Crippen molar-refractivity contribution in [2.24, 2.45) is 5.73 Å². The molecule has 0 aromatic heterocycles. The van der Waals surface area contributed by atoms with Crippen molar-refractivity contribution in [1.82, 2.24) is 5.32 Å². The highest BCUT2D eigenvalue weighted by atomic mass is 35.5. The van der Waals surface area contributed by atoms with Gasteiger partial charge in [0.15, 0.2) is 0 Å². The van der Waals surface area contributed by atoms with E-state index in [2.05, 4.69) is 5.32 Å². The number of hydrogen-bond donors (Lipinski definition) is 2. The molecule has 0 aromatic rings. The third kappa shape index (κ3) is 4.38. The van der Waals surface area contributed by atoms with Gasteiger partial charge in [-0.15, -0.1) is 11.6 Å². The molecule has 2 amide bonds. The number of carbonyl (C=O) groups is 2. The van der Waals surface area contributed by atoms with Crippen LogP contribution >= 0.6 is 11.6 Å². The lowest BCUT2D eigenvalue weighted by Crippen LogP contribution is -2.40. The molecule has 86 valence electrons. The van der Waals surface area contributed by atoms with Crippen LogP contribution in [0.1, 0.15) is 25.7 Å². The Labute approximate surface area is 93.3 Å². The van der Waals surface area contributed by atoms with E-state index in [4.69, 9.17) is 22.1 Å². The SMILES string of the molecule is NC(=O)OC1CCC(NC(=O)CCl)CC1. The van der Waals surface area contributed by atoms with Gasteiger partial charge in [-0.25, -0.2) is 4.79 Å². The molecule has 15 heavy (non-hydrogen) atoms. The van der Waals surface area contributed by atoms with Crippen LogP contribution in [-0.4, -0.2) is 30.0 Å². The molecule has 1 saturated carbocycles. The normalized spacial score (nSPS) is 25.7. The number of nitrogens with two attached hydrogens (primary N) is 1. The Balaban J connectivity index is 2.23. The molecular formula is C9H15ClN2O3. The van der Waals surface area contributed by atoms with E-state index in [1.54, 1.807) is 0 Å². The van der Waals surface area contributed by atoms with Gasteiger partial charge in [0, 0.05) is 6.04 Å². The summed E-state index contributed by atoms with van der Waals surface area (Å²) in [4.78, 5) is 21.5. The molecule has 1 aliphatic rings. The fourth-order valence-electron chi connectivity index (χ4n) is 1.76. The first-order chi connectivity index (χ1) is 7.11. The summed E-state index contributed by atoms with van der Waals surface area (Å²) < 4.78 is 4.87. The minimum Gasteiger partial charge on any atom is -0.446 e. The molecule has 5 nitrogen and oxygen atoms in total. The minimum absolute atomic E-state index is 0.0162. The zero-order chi connectivity index (χ0) is 11.3. The van der Waals surface area contributed by atoms with E-state index in [9.17, 15) is 9.59 Å². The van der Waals surface area contributed by atoms with E-state index in [0.29, 0.717) is 0 Å². The molecule has 1 aliphatic carbocycles. The Morgan fingerprint density at radius 3 is 2.40 bits per heavy atom. The summed E-state index contributed by atoms with van der Waals surface area (Å²) in [6.07, 6.45) is 2.21. The molecule has 0 unspecified atom stereocenters. The summed E-state index contributed by atoms with van der Waals surface area (Å²) in [5.41, 5.74) is 4.91. The van der Waals surface area contributed by atoms with Crippen molar-refractivity contribution >= 4 is 23.6 Å². The topological polar surface area (TPSA) is 81.4 Å². The first kappa shape index (κ1) is 12.1. The van der Waals surface area contributed by atoms with Gasteiger partial charge in [0.2, 0.25) is 5.91 Å². The van der Waals surface area contributed by atoms with Gasteiger partial charge in [0.25, 0.3) is 0 Å². The second-order valence-electron chi connectivity index (χ2n) is 3.61. The van der Waals surface area contributed by atoms with Crippen molar-refractivity contribution in [3.05, 3.63) is 0 Å². The fourth-order valence-corrected chi connectivity index (χ4v) is 1.83. The average Bonchev–Trinajstić information content (AvgIpc) is 2.20. The van der Waals surface area contributed by atoms with Crippen LogP contribution in [0.15, 0.2) is 0 Å². The van der Waals surface area contributed by atoms with E-state index in [0.717, 1.165) is 25.7 Å². The first-order valence-corrected chi connectivity index (χ1v) is 5.46. The summed E-state index contributed by atoms with van der Waals surface area (Å²) in [6.45, 7) is 0. The number of primary amides is 1. The van der Waals surface area contributed by atoms with Crippen molar-refractivity contribution in [3.63, 3.8) is 0 Å². The van der Waals surface area contributed by atoms with Crippen molar-refractivity contribution in [2.75, 3.05) is 5.88 Å². The molecule has 3 N–H and O–H groups in total. The zero-order valence-electron chi connectivity index (χ0n) is 8.37. The monoisotopic (exact) mass is 234 g/mol. The van der Waals surface area contributed by atoms with E-state index < -0.39 is 6.09 Å². The highest BCUT2D eigenvalue weighted by Gasteiger charge is 2.23. The van der Waals surface area contributed by atoms with Gasteiger partial charge in [-0.1, -0.05) is 0 Å². The number of carbonyl (C=O) groups excluding carboxylic acids is 2. The maximum Gasteiger partial charge on any atom is 0.404 e. The van der Waals surface area contributed by atoms with Crippen LogP contribution < -0.4 is 11.1 Å². The van der Waals surface area contributed by atoms with E-state index >= 15 is 0 Å². The van der Waals surface area contributed by atoms with E-state index in [-0.39, 0.29) is 23.9 Å². The van der Waals surface area contributed by atoms with Gasteiger partial charge < -0.3 is 15.8 Å². The Kier molecular flexibility index (Phi) is 4.68. The summed E-state index contributed by atoms with van der Waals surface area (Å²) in [7, 11) is 0. The number of hydrogen-bond acceptors (Lipinski definition) is 3. The van der Waals surface area contributed by atoms with Gasteiger partial charge in [-0.05, 0) is 25.7 Å². The van der Waals surface area contributed by atoms with Crippen LogP contribution in [0.4, 0.5) is 4.79 Å². The van der Waals surface area contributed by atoms with Crippen LogP contribution in [-0.2, 0) is 9.53 Å². The van der Waals surface area contributed by atoms with Crippen LogP contribution in [0.3, 0.4) is 0 Å². The van der Waals surface area contributed by atoms with Gasteiger partial charge in [0.05, 0.1) is 0 Å². The molecule has 0 aliphatic heterocycles. The standard InChI is InChI=1S/C9H15ClN2O3/c10-5-8(13)12-6-1-3-7(4-2-6)15-9(11)14/h6-7H,1-5H2,(H2,11,14)(H,12,13). The third-order valence-electron chi connectivity index (χ3n) is 2.44. The van der Waals surface area contributed by atoms with Crippen molar-refractivity contribution < 1.29 is 14.3 Å². The molecule has 0 atom stereocenters. The lowest BCUT2D eigenvalue weighted by molar-refractivity contribution is -0.119. The zero-order valence-corrected chi connectivity index (χ0v) is 9.13. The molecule has 1 fully saturated rings. The summed E-state index contributed by atoms with van der Waals surface area (Å²) in [5.74, 6) is -0.173. The lowest BCUT2D eigenvalue weighted by Gasteiger charge is -2.28. The number of halogens is 1. The van der Waals surface area contributed by atoms with E-state index in [1.807, 2.05) is 0 Å². The molecule has 6 heteroatoms. The number of amides is 2. The van der Waals surface area contributed by atoms with Crippen LogP contribution in [0.25, 0.3) is 0 Å². The van der Waals surface area contributed by atoms with Crippen molar-refractivity contribution in [1.29, 1.82) is 0 Å². The molecule has 0 saturated heterocycles.